The summed E-state index contributed by atoms with van der Waals surface area (Å²) < 4.78 is 1.79. The maximum atomic E-state index is 9.73. The summed E-state index contributed by atoms with van der Waals surface area (Å²) >= 11 is 0. The Balaban J connectivity index is 2.41. The Labute approximate surface area is 71.0 Å². The first-order chi connectivity index (χ1) is 5.68. The third-order valence-electron chi connectivity index (χ3n) is 2.47. The number of nitrogens with two attached hydrogens (primary N) is 1. The molecule has 2 unspecified atom stereocenters. The highest BCUT2D eigenvalue weighted by atomic mass is 16.3. The topological polar surface area (TPSA) is 64.1 Å². The Bertz CT molecular complexity index is 294. The van der Waals surface area contributed by atoms with Gasteiger partial charge in [-0.1, -0.05) is 6.92 Å². The number of hydrogen-bond donors (Lipinski definition) is 2. The van der Waals surface area contributed by atoms with Crippen molar-refractivity contribution >= 4 is 5.82 Å². The fourth-order valence-corrected chi connectivity index (χ4v) is 1.64. The normalized spacial score (nSPS) is 28.5. The third kappa shape index (κ3) is 0.992. The minimum absolute atomic E-state index is 0.314. The van der Waals surface area contributed by atoms with E-state index >= 15 is 0 Å². The molecule has 3 N–H and O–H groups in total. The fourth-order valence-electron chi connectivity index (χ4n) is 1.64. The number of nitrogen functional groups attached to an aromatic ring is 1. The first-order valence-corrected chi connectivity index (χ1v) is 4.20. The highest BCUT2D eigenvalue weighted by Crippen LogP contribution is 2.30. The molecule has 0 saturated heterocycles. The van der Waals surface area contributed by atoms with Gasteiger partial charge >= 0.3 is 0 Å². The van der Waals surface area contributed by atoms with E-state index in [4.69, 9.17) is 5.73 Å². The van der Waals surface area contributed by atoms with Crippen LogP contribution in [0.2, 0.25) is 0 Å². The van der Waals surface area contributed by atoms with Crippen molar-refractivity contribution in [2.45, 2.75) is 26.0 Å². The molecule has 2 rings (SSSR count). The van der Waals surface area contributed by atoms with Crippen LogP contribution in [-0.4, -0.2) is 14.9 Å². The summed E-state index contributed by atoms with van der Waals surface area (Å²) in [7, 11) is 0. The third-order valence-corrected chi connectivity index (χ3v) is 2.47. The molecule has 0 fully saturated rings. The van der Waals surface area contributed by atoms with E-state index in [1.165, 1.54) is 0 Å². The molecule has 0 radical (unpaired) electrons. The number of aromatic nitrogens is 2. The molecule has 4 nitrogen and oxygen atoms in total. The first-order valence-electron chi connectivity index (χ1n) is 4.20. The van der Waals surface area contributed by atoms with Crippen molar-refractivity contribution in [3.63, 3.8) is 0 Å². The summed E-state index contributed by atoms with van der Waals surface area (Å²) in [6.45, 7) is 2.90. The molecule has 0 amide bonds. The maximum absolute atomic E-state index is 9.73. The fraction of sp³-hybridized carbons (Fsp3) is 0.625. The van der Waals surface area contributed by atoms with Crippen molar-refractivity contribution in [2.75, 3.05) is 5.73 Å². The average molecular weight is 167 g/mol. The maximum Gasteiger partial charge on any atom is 0.145 e. The number of aryl methyl sites for hydroxylation is 1. The standard InChI is InChI=1S/C8H13N3O/c1-5-2-3-11-6(8(5)12)4-7(9)10-11/h4-5,8,12H,2-3H2,1H3,(H2,9,10). The molecular weight excluding hydrogens is 154 g/mol. The van der Waals surface area contributed by atoms with Gasteiger partial charge in [-0.3, -0.25) is 4.68 Å². The molecule has 0 bridgehead atoms. The predicted octanol–water partition coefficient (Wildman–Crippen LogP) is 0.538. The zero-order valence-corrected chi connectivity index (χ0v) is 7.07. The second-order valence-corrected chi connectivity index (χ2v) is 3.43. The van der Waals surface area contributed by atoms with Crippen molar-refractivity contribution in [2.24, 2.45) is 5.92 Å². The van der Waals surface area contributed by atoms with E-state index in [1.54, 1.807) is 10.7 Å². The van der Waals surface area contributed by atoms with Crippen LogP contribution in [0.15, 0.2) is 6.07 Å². The van der Waals surface area contributed by atoms with Crippen LogP contribution >= 0.6 is 0 Å². The molecule has 0 saturated carbocycles. The van der Waals surface area contributed by atoms with Gasteiger partial charge in [-0.15, -0.1) is 0 Å². The van der Waals surface area contributed by atoms with Gasteiger partial charge < -0.3 is 10.8 Å². The molecule has 2 heterocycles. The molecule has 0 aromatic carbocycles. The smallest absolute Gasteiger partial charge is 0.145 e. The van der Waals surface area contributed by atoms with Crippen LogP contribution in [0.25, 0.3) is 0 Å². The molecule has 1 aromatic heterocycles. The Hall–Kier alpha value is -1.03. The summed E-state index contributed by atoms with van der Waals surface area (Å²) in [5, 5.41) is 13.8. The van der Waals surface area contributed by atoms with Crippen molar-refractivity contribution in [3.05, 3.63) is 11.8 Å². The molecule has 0 spiro atoms. The number of fused-ring (bicyclic) bond motifs is 1. The van der Waals surface area contributed by atoms with Crippen LogP contribution in [0.5, 0.6) is 0 Å². The van der Waals surface area contributed by atoms with E-state index in [9.17, 15) is 5.11 Å². The van der Waals surface area contributed by atoms with E-state index < -0.39 is 6.10 Å². The summed E-state index contributed by atoms with van der Waals surface area (Å²) in [6.07, 6.45) is 0.568. The Kier molecular flexibility index (Phi) is 1.58. The zero-order chi connectivity index (χ0) is 8.72. The number of hydrogen-bond acceptors (Lipinski definition) is 3. The lowest BCUT2D eigenvalue weighted by Gasteiger charge is -2.25. The largest absolute Gasteiger partial charge is 0.387 e. The van der Waals surface area contributed by atoms with Gasteiger partial charge in [-0.2, -0.15) is 5.10 Å². The number of rotatable bonds is 0. The molecule has 1 aliphatic rings. The van der Waals surface area contributed by atoms with Gasteiger partial charge in [0, 0.05) is 12.6 Å². The number of nitrogens with zero attached hydrogens (tertiary/aromatic N) is 2. The SMILES string of the molecule is CC1CCn2nc(N)cc2C1O. The molecule has 4 heteroatoms. The van der Waals surface area contributed by atoms with Gasteiger partial charge in [-0.25, -0.2) is 0 Å². The molecule has 2 atom stereocenters. The van der Waals surface area contributed by atoms with Crippen LogP contribution in [0.3, 0.4) is 0 Å². The van der Waals surface area contributed by atoms with Crippen molar-refractivity contribution in [1.29, 1.82) is 0 Å². The summed E-state index contributed by atoms with van der Waals surface area (Å²) in [5.74, 6) is 0.812. The van der Waals surface area contributed by atoms with Crippen molar-refractivity contribution in [1.82, 2.24) is 9.78 Å². The second kappa shape index (κ2) is 2.48. The molecular formula is C8H13N3O. The lowest BCUT2D eigenvalue weighted by atomic mass is 9.95. The zero-order valence-electron chi connectivity index (χ0n) is 7.07. The highest BCUT2D eigenvalue weighted by Gasteiger charge is 2.25. The van der Waals surface area contributed by atoms with E-state index in [1.807, 2.05) is 6.92 Å². The van der Waals surface area contributed by atoms with E-state index in [-0.39, 0.29) is 0 Å². The van der Waals surface area contributed by atoms with Crippen LogP contribution in [0.4, 0.5) is 5.82 Å². The van der Waals surface area contributed by atoms with Gasteiger partial charge in [0.25, 0.3) is 0 Å². The van der Waals surface area contributed by atoms with E-state index in [0.29, 0.717) is 11.7 Å². The predicted molar refractivity (Wildman–Crippen MR) is 45.4 cm³/mol. The quantitative estimate of drug-likeness (QED) is 0.592. The molecule has 1 aromatic rings. The van der Waals surface area contributed by atoms with Gasteiger partial charge in [0.2, 0.25) is 0 Å². The lowest BCUT2D eigenvalue weighted by molar-refractivity contribution is 0.0825. The minimum atomic E-state index is -0.399. The molecule has 1 aliphatic heterocycles. The van der Waals surface area contributed by atoms with Gasteiger partial charge in [0.05, 0.1) is 11.8 Å². The van der Waals surface area contributed by atoms with E-state index in [0.717, 1.165) is 18.7 Å². The first kappa shape index (κ1) is 7.61. The van der Waals surface area contributed by atoms with Crippen molar-refractivity contribution < 1.29 is 5.11 Å². The molecule has 12 heavy (non-hydrogen) atoms. The molecule has 0 aliphatic carbocycles. The van der Waals surface area contributed by atoms with E-state index in [2.05, 4.69) is 5.10 Å². The van der Waals surface area contributed by atoms with Crippen LogP contribution in [0, 0.1) is 5.92 Å². The Morgan fingerprint density at radius 3 is 3.25 bits per heavy atom. The summed E-state index contributed by atoms with van der Waals surface area (Å²) in [4.78, 5) is 0. The van der Waals surface area contributed by atoms with Crippen LogP contribution in [-0.2, 0) is 6.54 Å². The summed E-state index contributed by atoms with van der Waals surface area (Å²) in [5.41, 5.74) is 6.38. The highest BCUT2D eigenvalue weighted by molar-refractivity contribution is 5.31. The lowest BCUT2D eigenvalue weighted by Crippen LogP contribution is -2.22. The van der Waals surface area contributed by atoms with Gasteiger partial charge in [0.1, 0.15) is 5.82 Å². The van der Waals surface area contributed by atoms with Crippen LogP contribution in [0.1, 0.15) is 25.1 Å². The second-order valence-electron chi connectivity index (χ2n) is 3.43. The van der Waals surface area contributed by atoms with Gasteiger partial charge in [0.15, 0.2) is 0 Å². The monoisotopic (exact) mass is 167 g/mol. The van der Waals surface area contributed by atoms with Crippen molar-refractivity contribution in [3.8, 4) is 0 Å². The number of aliphatic hydroxyl groups excluding tert-OH is 1. The Morgan fingerprint density at radius 1 is 1.75 bits per heavy atom. The minimum Gasteiger partial charge on any atom is -0.387 e. The average Bonchev–Trinajstić information content (AvgIpc) is 2.39. The molecule has 66 valence electrons. The number of aliphatic hydroxyl groups is 1. The van der Waals surface area contributed by atoms with Gasteiger partial charge in [-0.05, 0) is 12.3 Å². The summed E-state index contributed by atoms with van der Waals surface area (Å²) in [6, 6.07) is 1.75. The Morgan fingerprint density at radius 2 is 2.50 bits per heavy atom. The van der Waals surface area contributed by atoms with Crippen LogP contribution < -0.4 is 5.73 Å². The number of anilines is 1.